The Morgan fingerprint density at radius 3 is 2.58 bits per heavy atom. The van der Waals surface area contributed by atoms with Crippen LogP contribution >= 0.6 is 0 Å². The zero-order valence-electron chi connectivity index (χ0n) is 22.5. The average Bonchev–Trinajstić information content (AvgIpc) is 3.55. The van der Waals surface area contributed by atoms with Crippen LogP contribution in [0.4, 0.5) is 0 Å². The Bertz CT molecular complexity index is 1140. The minimum Gasteiger partial charge on any atom is -0.497 e. The molecular weight excluding hydrogens is 494 g/mol. The van der Waals surface area contributed by atoms with Gasteiger partial charge in [-0.1, -0.05) is 0 Å². The van der Waals surface area contributed by atoms with Crippen LogP contribution in [0.25, 0.3) is 0 Å². The Hall–Kier alpha value is -2.82. The number of nitrogens with zero attached hydrogens (tertiary/aromatic N) is 1. The summed E-state index contributed by atoms with van der Waals surface area (Å²) < 4.78 is 28.0. The van der Waals surface area contributed by atoms with E-state index in [0.717, 1.165) is 43.5 Å². The Morgan fingerprint density at radius 1 is 1.16 bits per heavy atom. The lowest BCUT2D eigenvalue weighted by Gasteiger charge is -2.40. The molecule has 4 aliphatic rings. The fourth-order valence-corrected chi connectivity index (χ4v) is 6.71. The monoisotopic (exact) mass is 531 g/mol. The molecule has 5 rings (SSSR count). The highest BCUT2D eigenvalue weighted by molar-refractivity contribution is 5.81. The van der Waals surface area contributed by atoms with Gasteiger partial charge in [0.25, 0.3) is 0 Å². The number of carbonyl (C=O) groups excluding carboxylic acids is 2. The van der Waals surface area contributed by atoms with Gasteiger partial charge < -0.3 is 33.9 Å². The molecule has 0 radical (unpaired) electrons. The van der Waals surface area contributed by atoms with Gasteiger partial charge in [0.1, 0.15) is 5.76 Å². The topological polar surface area (TPSA) is 124 Å². The van der Waals surface area contributed by atoms with Crippen LogP contribution in [0, 0.1) is 0 Å². The van der Waals surface area contributed by atoms with E-state index >= 15 is 0 Å². The number of hydrogen-bond acceptors (Lipinski definition) is 10. The van der Waals surface area contributed by atoms with E-state index < -0.39 is 34.8 Å². The highest BCUT2D eigenvalue weighted by Crippen LogP contribution is 2.55. The van der Waals surface area contributed by atoms with Crippen molar-refractivity contribution in [1.82, 2.24) is 4.90 Å². The summed E-state index contributed by atoms with van der Waals surface area (Å²) in [5.74, 6) is 0.0816. The molecule has 1 aliphatic carbocycles. The molecule has 10 heteroatoms. The van der Waals surface area contributed by atoms with Crippen molar-refractivity contribution in [2.45, 2.75) is 81.1 Å². The predicted molar refractivity (Wildman–Crippen MR) is 135 cm³/mol. The average molecular weight is 532 g/mol. The van der Waals surface area contributed by atoms with Crippen LogP contribution in [-0.4, -0.2) is 84.0 Å². The van der Waals surface area contributed by atoms with E-state index in [9.17, 15) is 19.8 Å². The number of aliphatic hydroxyl groups is 2. The highest BCUT2D eigenvalue weighted by Gasteiger charge is 2.59. The number of carbonyl (C=O) groups is 2. The largest absolute Gasteiger partial charge is 0.497 e. The lowest BCUT2D eigenvalue weighted by Crippen LogP contribution is -2.50. The van der Waals surface area contributed by atoms with Gasteiger partial charge in [0, 0.05) is 19.4 Å². The molecule has 0 amide bonds. The summed E-state index contributed by atoms with van der Waals surface area (Å²) in [7, 11) is 2.79. The van der Waals surface area contributed by atoms with Gasteiger partial charge in [-0.25, -0.2) is 4.79 Å². The van der Waals surface area contributed by atoms with Crippen molar-refractivity contribution >= 4 is 11.9 Å². The normalized spacial score (nSPS) is 27.4. The maximum atomic E-state index is 13.7. The third-order valence-electron chi connectivity index (χ3n) is 8.27. The second-order valence-electron chi connectivity index (χ2n) is 11.4. The summed E-state index contributed by atoms with van der Waals surface area (Å²) in [5.41, 5.74) is -1.83. The summed E-state index contributed by atoms with van der Waals surface area (Å²) in [6.07, 6.45) is 3.15. The number of fused-ring (bicyclic) bond motifs is 3. The van der Waals surface area contributed by atoms with Gasteiger partial charge in [-0.3, -0.25) is 9.69 Å². The van der Waals surface area contributed by atoms with E-state index in [1.807, 2.05) is 12.1 Å². The molecule has 208 valence electrons. The maximum absolute atomic E-state index is 13.7. The van der Waals surface area contributed by atoms with E-state index in [2.05, 4.69) is 11.0 Å². The Labute approximate surface area is 222 Å². The predicted octanol–water partition coefficient (Wildman–Crippen LogP) is 2.19. The number of hydrogen-bond donors (Lipinski definition) is 2. The van der Waals surface area contributed by atoms with Crippen molar-refractivity contribution in [3.8, 4) is 11.5 Å². The molecule has 1 aromatic carbocycles. The first-order valence-corrected chi connectivity index (χ1v) is 13.2. The molecule has 4 unspecified atom stereocenters. The van der Waals surface area contributed by atoms with E-state index in [-0.39, 0.29) is 32.0 Å². The maximum Gasteiger partial charge on any atom is 0.338 e. The molecule has 10 nitrogen and oxygen atoms in total. The first-order chi connectivity index (χ1) is 18.0. The summed E-state index contributed by atoms with van der Waals surface area (Å²) in [5, 5.41) is 22.0. The smallest absolute Gasteiger partial charge is 0.338 e. The number of benzene rings is 1. The molecule has 3 heterocycles. The van der Waals surface area contributed by atoms with Gasteiger partial charge in [-0.15, -0.1) is 0 Å². The van der Waals surface area contributed by atoms with E-state index in [1.165, 1.54) is 21.0 Å². The molecule has 38 heavy (non-hydrogen) atoms. The highest BCUT2D eigenvalue weighted by atomic mass is 16.7. The second kappa shape index (κ2) is 9.73. The van der Waals surface area contributed by atoms with Crippen molar-refractivity contribution in [3.05, 3.63) is 35.1 Å². The number of ether oxygens (including phenoxy) is 5. The minimum absolute atomic E-state index is 0.157. The molecule has 4 atom stereocenters. The SMILES string of the molecule is COC(=O)CCC(O)(CC(C)(C)O)C(=O)OC1C(OC)=CC23CCCN2CCc2cc4c(cc2C13)OCO4. The molecule has 1 aromatic rings. The summed E-state index contributed by atoms with van der Waals surface area (Å²) in [6, 6.07) is 4.00. The lowest BCUT2D eigenvalue weighted by molar-refractivity contribution is -0.180. The Morgan fingerprint density at radius 2 is 1.89 bits per heavy atom. The molecule has 0 aromatic heterocycles. The van der Waals surface area contributed by atoms with Crippen LogP contribution in [-0.2, 0) is 30.2 Å². The summed E-state index contributed by atoms with van der Waals surface area (Å²) >= 11 is 0. The first-order valence-electron chi connectivity index (χ1n) is 13.2. The van der Waals surface area contributed by atoms with Crippen LogP contribution in [0.3, 0.4) is 0 Å². The molecular formula is C28H37NO9. The van der Waals surface area contributed by atoms with Gasteiger partial charge in [0.05, 0.1) is 31.3 Å². The van der Waals surface area contributed by atoms with Gasteiger partial charge >= 0.3 is 11.9 Å². The van der Waals surface area contributed by atoms with E-state index in [0.29, 0.717) is 17.3 Å². The molecule has 3 aliphatic heterocycles. The van der Waals surface area contributed by atoms with Crippen LogP contribution < -0.4 is 9.47 Å². The number of esters is 2. The fourth-order valence-electron chi connectivity index (χ4n) is 6.71. The van der Waals surface area contributed by atoms with Crippen LogP contribution in [0.15, 0.2) is 24.0 Å². The molecule has 2 N–H and O–H groups in total. The zero-order valence-corrected chi connectivity index (χ0v) is 22.5. The molecule has 0 saturated carbocycles. The summed E-state index contributed by atoms with van der Waals surface area (Å²) in [6.45, 7) is 4.89. The first kappa shape index (κ1) is 26.8. The third kappa shape index (κ3) is 4.63. The fraction of sp³-hybridized carbons (Fsp3) is 0.643. The number of rotatable bonds is 8. The third-order valence-corrected chi connectivity index (χ3v) is 8.27. The van der Waals surface area contributed by atoms with Crippen LogP contribution in [0.2, 0.25) is 0 Å². The van der Waals surface area contributed by atoms with E-state index in [4.69, 9.17) is 23.7 Å². The van der Waals surface area contributed by atoms with Crippen molar-refractivity contribution in [2.75, 3.05) is 34.1 Å². The van der Waals surface area contributed by atoms with Crippen molar-refractivity contribution in [3.63, 3.8) is 0 Å². The Balaban J connectivity index is 1.53. The second-order valence-corrected chi connectivity index (χ2v) is 11.4. The van der Waals surface area contributed by atoms with E-state index in [1.54, 1.807) is 7.11 Å². The molecule has 1 spiro atoms. The van der Waals surface area contributed by atoms with Gasteiger partial charge in [0.15, 0.2) is 23.2 Å². The molecule has 0 bridgehead atoms. The van der Waals surface area contributed by atoms with Crippen molar-refractivity contribution < 1.29 is 43.5 Å². The molecule has 1 fully saturated rings. The van der Waals surface area contributed by atoms with Gasteiger partial charge in [-0.05, 0) is 75.4 Å². The molecule has 1 saturated heterocycles. The van der Waals surface area contributed by atoms with Crippen molar-refractivity contribution in [2.24, 2.45) is 0 Å². The van der Waals surface area contributed by atoms with Gasteiger partial charge in [0.2, 0.25) is 6.79 Å². The Kier molecular flexibility index (Phi) is 6.86. The summed E-state index contributed by atoms with van der Waals surface area (Å²) in [4.78, 5) is 28.0. The lowest BCUT2D eigenvalue weighted by atomic mass is 9.77. The quantitative estimate of drug-likeness (QED) is 0.483. The van der Waals surface area contributed by atoms with Crippen molar-refractivity contribution in [1.29, 1.82) is 0 Å². The van der Waals surface area contributed by atoms with Crippen LogP contribution in [0.1, 0.15) is 63.0 Å². The van der Waals surface area contributed by atoms with Gasteiger partial charge in [-0.2, -0.15) is 0 Å². The number of methoxy groups -OCH3 is 2. The minimum atomic E-state index is -2.11. The van der Waals surface area contributed by atoms with Crippen LogP contribution in [0.5, 0.6) is 11.5 Å². The standard InChI is InChI=1S/C28H37NO9/c1-26(2,32)15-28(33,9-6-22(30)35-4)25(31)38-24-21(34-3)14-27-8-5-10-29(27)11-7-17-12-19-20(37-16-36-19)13-18(17)23(24)27/h12-14,23-24,32-33H,5-11,15-16H2,1-4H3. The zero-order chi connectivity index (χ0) is 27.3.